The molecule has 0 amide bonds. The number of benzene rings is 2. The van der Waals surface area contributed by atoms with E-state index in [0.717, 1.165) is 0 Å². The van der Waals surface area contributed by atoms with Crippen LogP contribution in [0.5, 0.6) is 17.2 Å². The van der Waals surface area contributed by atoms with Crippen molar-refractivity contribution in [2.45, 2.75) is 6.61 Å². The molecule has 0 aliphatic carbocycles. The highest BCUT2D eigenvalue weighted by Gasteiger charge is 2.20. The van der Waals surface area contributed by atoms with Crippen LogP contribution in [0.3, 0.4) is 0 Å². The Balaban J connectivity index is 2.22. The van der Waals surface area contributed by atoms with Gasteiger partial charge in [-0.15, -0.1) is 0 Å². The van der Waals surface area contributed by atoms with Crippen LogP contribution in [0.15, 0.2) is 36.4 Å². The fourth-order valence-electron chi connectivity index (χ4n) is 2.13. The number of methoxy groups -OCH3 is 3. The van der Waals surface area contributed by atoms with E-state index in [0.29, 0.717) is 27.8 Å². The average Bonchev–Trinajstić information content (AvgIpc) is 2.58. The number of hydrogen-bond acceptors (Lipinski definition) is 5. The number of halogens is 1. The third-order valence-corrected chi connectivity index (χ3v) is 3.47. The number of carbonyl (C=O) groups is 1. The van der Waals surface area contributed by atoms with E-state index in [9.17, 15) is 4.79 Å². The van der Waals surface area contributed by atoms with Crippen molar-refractivity contribution >= 4 is 17.6 Å². The molecule has 0 unspecified atom stereocenters. The van der Waals surface area contributed by atoms with Crippen LogP contribution in [0.4, 0.5) is 0 Å². The highest BCUT2D eigenvalue weighted by molar-refractivity contribution is 6.30. The molecule has 0 heterocycles. The molecule has 0 atom stereocenters. The largest absolute Gasteiger partial charge is 0.496 e. The minimum atomic E-state index is -0.554. The Bertz CT molecular complexity index is 677. The quantitative estimate of drug-likeness (QED) is 0.752. The normalized spacial score (nSPS) is 10.1. The van der Waals surface area contributed by atoms with Crippen LogP contribution < -0.4 is 14.2 Å². The highest BCUT2D eigenvalue weighted by Crippen LogP contribution is 2.30. The molecule has 0 radical (unpaired) electrons. The predicted molar refractivity (Wildman–Crippen MR) is 86.7 cm³/mol. The fraction of sp³-hybridized carbons (Fsp3) is 0.235. The molecule has 0 N–H and O–H groups in total. The summed E-state index contributed by atoms with van der Waals surface area (Å²) in [6, 6.07) is 10.2. The van der Waals surface area contributed by atoms with Gasteiger partial charge >= 0.3 is 5.97 Å². The Kier molecular flexibility index (Phi) is 5.71. The fourth-order valence-corrected chi connectivity index (χ4v) is 2.32. The van der Waals surface area contributed by atoms with E-state index in [4.69, 9.17) is 30.5 Å². The molecular weight excluding hydrogens is 320 g/mol. The lowest BCUT2D eigenvalue weighted by Crippen LogP contribution is -2.09. The Morgan fingerprint density at radius 2 is 1.57 bits per heavy atom. The molecule has 2 aromatic carbocycles. The van der Waals surface area contributed by atoms with E-state index in [-0.39, 0.29) is 12.2 Å². The summed E-state index contributed by atoms with van der Waals surface area (Å²) in [5.74, 6) is 0.801. The van der Waals surface area contributed by atoms with Crippen LogP contribution in [-0.2, 0) is 11.3 Å². The number of carbonyl (C=O) groups excluding carboxylic acids is 1. The number of hydrogen-bond donors (Lipinski definition) is 0. The first-order chi connectivity index (χ1) is 11.1. The molecule has 2 aromatic rings. The zero-order valence-electron chi connectivity index (χ0n) is 13.1. The Labute approximate surface area is 139 Å². The lowest BCUT2D eigenvalue weighted by Gasteiger charge is -2.13. The second kappa shape index (κ2) is 7.74. The van der Waals surface area contributed by atoms with Gasteiger partial charge in [-0.25, -0.2) is 4.79 Å². The lowest BCUT2D eigenvalue weighted by atomic mass is 10.1. The molecule has 2 rings (SSSR count). The molecule has 0 saturated carbocycles. The van der Waals surface area contributed by atoms with Gasteiger partial charge in [0.05, 0.1) is 21.3 Å². The van der Waals surface area contributed by atoms with E-state index in [1.165, 1.54) is 21.3 Å². The minimum Gasteiger partial charge on any atom is -0.496 e. The van der Waals surface area contributed by atoms with Crippen molar-refractivity contribution in [3.05, 3.63) is 52.5 Å². The van der Waals surface area contributed by atoms with Crippen LogP contribution in [0.2, 0.25) is 5.02 Å². The highest BCUT2D eigenvalue weighted by atomic mass is 35.5. The van der Waals surface area contributed by atoms with Gasteiger partial charge in [-0.3, -0.25) is 0 Å². The second-order valence-corrected chi connectivity index (χ2v) is 5.01. The molecular formula is C17H17ClO5. The van der Waals surface area contributed by atoms with Gasteiger partial charge in [0.2, 0.25) is 0 Å². The summed E-state index contributed by atoms with van der Waals surface area (Å²) >= 11 is 5.97. The summed E-state index contributed by atoms with van der Waals surface area (Å²) in [5.41, 5.74) is 0.903. The zero-order valence-corrected chi connectivity index (χ0v) is 13.8. The van der Waals surface area contributed by atoms with Crippen LogP contribution in [-0.4, -0.2) is 27.3 Å². The van der Waals surface area contributed by atoms with Crippen LogP contribution in [0, 0.1) is 0 Å². The van der Waals surface area contributed by atoms with Crippen molar-refractivity contribution in [2.24, 2.45) is 0 Å². The SMILES string of the molecule is COc1ccc(Cl)cc1COC(=O)c1c(OC)cccc1OC. The number of ether oxygens (including phenoxy) is 4. The van der Waals surface area contributed by atoms with Crippen molar-refractivity contribution in [3.8, 4) is 17.2 Å². The maximum Gasteiger partial charge on any atom is 0.346 e. The standard InChI is InChI=1S/C17H17ClO5/c1-20-13-8-7-12(18)9-11(13)10-23-17(19)16-14(21-2)5-4-6-15(16)22-3/h4-9H,10H2,1-3H3. The Hall–Kier alpha value is -2.40. The summed E-state index contributed by atoms with van der Waals surface area (Å²) in [6.07, 6.45) is 0. The van der Waals surface area contributed by atoms with E-state index in [1.54, 1.807) is 36.4 Å². The zero-order chi connectivity index (χ0) is 16.8. The summed E-state index contributed by atoms with van der Waals surface area (Å²) in [7, 11) is 4.49. The molecule has 0 spiro atoms. The van der Waals surface area contributed by atoms with Gasteiger partial charge in [0, 0.05) is 10.6 Å². The van der Waals surface area contributed by atoms with E-state index < -0.39 is 5.97 Å². The maximum atomic E-state index is 12.4. The lowest BCUT2D eigenvalue weighted by molar-refractivity contribution is 0.0462. The smallest absolute Gasteiger partial charge is 0.346 e. The van der Waals surface area contributed by atoms with Crippen LogP contribution >= 0.6 is 11.6 Å². The van der Waals surface area contributed by atoms with Gasteiger partial charge < -0.3 is 18.9 Å². The molecule has 122 valence electrons. The molecule has 5 nitrogen and oxygen atoms in total. The first kappa shape index (κ1) is 17.0. The molecule has 0 bridgehead atoms. The average molecular weight is 337 g/mol. The molecule has 6 heteroatoms. The van der Waals surface area contributed by atoms with Crippen molar-refractivity contribution in [3.63, 3.8) is 0 Å². The first-order valence-corrected chi connectivity index (χ1v) is 7.19. The van der Waals surface area contributed by atoms with E-state index in [1.807, 2.05) is 0 Å². The van der Waals surface area contributed by atoms with Crippen molar-refractivity contribution in [2.75, 3.05) is 21.3 Å². The van der Waals surface area contributed by atoms with Crippen molar-refractivity contribution < 1.29 is 23.7 Å². The van der Waals surface area contributed by atoms with Crippen LogP contribution in [0.1, 0.15) is 15.9 Å². The van der Waals surface area contributed by atoms with Gasteiger partial charge in [0.1, 0.15) is 29.4 Å². The van der Waals surface area contributed by atoms with Crippen molar-refractivity contribution in [1.29, 1.82) is 0 Å². The molecule has 0 aliphatic rings. The molecule has 0 fully saturated rings. The topological polar surface area (TPSA) is 54.0 Å². The molecule has 0 aliphatic heterocycles. The van der Waals surface area contributed by atoms with E-state index in [2.05, 4.69) is 0 Å². The van der Waals surface area contributed by atoms with Gasteiger partial charge in [-0.1, -0.05) is 17.7 Å². The number of rotatable bonds is 6. The summed E-state index contributed by atoms with van der Waals surface area (Å²) in [5, 5.41) is 0.534. The van der Waals surface area contributed by atoms with Crippen molar-refractivity contribution in [1.82, 2.24) is 0 Å². The summed E-state index contributed by atoms with van der Waals surface area (Å²) in [6.45, 7) is 0.0176. The Morgan fingerprint density at radius 1 is 0.957 bits per heavy atom. The minimum absolute atomic E-state index is 0.0176. The van der Waals surface area contributed by atoms with Gasteiger partial charge in [0.25, 0.3) is 0 Å². The van der Waals surface area contributed by atoms with Gasteiger partial charge in [-0.05, 0) is 30.3 Å². The third kappa shape index (κ3) is 3.87. The molecule has 0 saturated heterocycles. The first-order valence-electron chi connectivity index (χ1n) is 6.81. The van der Waals surface area contributed by atoms with Gasteiger partial charge in [-0.2, -0.15) is 0 Å². The second-order valence-electron chi connectivity index (χ2n) is 4.57. The van der Waals surface area contributed by atoms with Gasteiger partial charge in [0.15, 0.2) is 0 Å². The summed E-state index contributed by atoms with van der Waals surface area (Å²) in [4.78, 5) is 12.4. The predicted octanol–water partition coefficient (Wildman–Crippen LogP) is 3.72. The number of esters is 1. The summed E-state index contributed by atoms with van der Waals surface area (Å²) < 4.78 is 21.0. The molecule has 23 heavy (non-hydrogen) atoms. The van der Waals surface area contributed by atoms with E-state index >= 15 is 0 Å². The Morgan fingerprint density at radius 3 is 2.13 bits per heavy atom. The van der Waals surface area contributed by atoms with Crippen LogP contribution in [0.25, 0.3) is 0 Å². The monoisotopic (exact) mass is 336 g/mol. The maximum absolute atomic E-state index is 12.4. The molecule has 0 aromatic heterocycles. The third-order valence-electron chi connectivity index (χ3n) is 3.23.